The van der Waals surface area contributed by atoms with E-state index in [2.05, 4.69) is 19.2 Å². The Labute approximate surface area is 137 Å². The predicted molar refractivity (Wildman–Crippen MR) is 89.1 cm³/mol. The SMILES string of the molecule is CC(C)[C@H](NC(=O)N(C)C[C@@H]1CCOC1)c1ccc(Cl)cc1. The van der Waals surface area contributed by atoms with Crippen molar-refractivity contribution in [1.82, 2.24) is 10.2 Å². The number of rotatable bonds is 5. The van der Waals surface area contributed by atoms with E-state index in [4.69, 9.17) is 16.3 Å². The lowest BCUT2D eigenvalue weighted by Crippen LogP contribution is -2.42. The molecule has 0 unspecified atom stereocenters. The van der Waals surface area contributed by atoms with Crippen molar-refractivity contribution >= 4 is 17.6 Å². The minimum Gasteiger partial charge on any atom is -0.381 e. The van der Waals surface area contributed by atoms with Crippen molar-refractivity contribution in [2.24, 2.45) is 11.8 Å². The quantitative estimate of drug-likeness (QED) is 0.897. The third-order valence-corrected chi connectivity index (χ3v) is 4.33. The summed E-state index contributed by atoms with van der Waals surface area (Å²) >= 11 is 5.94. The average Bonchev–Trinajstić information content (AvgIpc) is 2.98. The third-order valence-electron chi connectivity index (χ3n) is 4.08. The molecule has 4 nitrogen and oxygen atoms in total. The van der Waals surface area contributed by atoms with Gasteiger partial charge >= 0.3 is 6.03 Å². The maximum atomic E-state index is 12.4. The highest BCUT2D eigenvalue weighted by Gasteiger charge is 2.23. The maximum absolute atomic E-state index is 12.4. The zero-order chi connectivity index (χ0) is 16.1. The van der Waals surface area contributed by atoms with E-state index in [1.165, 1.54) is 0 Å². The summed E-state index contributed by atoms with van der Waals surface area (Å²) in [6.45, 7) is 6.49. The number of carbonyl (C=O) groups is 1. The fraction of sp³-hybridized carbons (Fsp3) is 0.588. The van der Waals surface area contributed by atoms with E-state index in [0.29, 0.717) is 16.9 Å². The van der Waals surface area contributed by atoms with Crippen LogP contribution < -0.4 is 5.32 Å². The van der Waals surface area contributed by atoms with E-state index in [9.17, 15) is 4.79 Å². The molecule has 0 radical (unpaired) electrons. The van der Waals surface area contributed by atoms with Crippen LogP contribution in [0.15, 0.2) is 24.3 Å². The minimum atomic E-state index is -0.0412. The first-order valence-corrected chi connectivity index (χ1v) is 8.20. The standard InChI is InChI=1S/C17H25ClN2O2/c1-12(2)16(14-4-6-15(18)7-5-14)19-17(21)20(3)10-13-8-9-22-11-13/h4-7,12-13,16H,8-11H2,1-3H3,(H,19,21)/t13-,16-/m0/s1. The van der Waals surface area contributed by atoms with Crippen LogP contribution in [-0.2, 0) is 4.74 Å². The highest BCUT2D eigenvalue weighted by molar-refractivity contribution is 6.30. The van der Waals surface area contributed by atoms with Crippen molar-refractivity contribution in [3.8, 4) is 0 Å². The van der Waals surface area contributed by atoms with Crippen LogP contribution in [0.5, 0.6) is 0 Å². The van der Waals surface area contributed by atoms with Crippen LogP contribution in [0.2, 0.25) is 5.02 Å². The molecule has 2 rings (SSSR count). The van der Waals surface area contributed by atoms with Crippen LogP contribution in [0.1, 0.15) is 31.9 Å². The fourth-order valence-electron chi connectivity index (χ4n) is 2.75. The first kappa shape index (κ1) is 17.1. The molecular weight excluding hydrogens is 300 g/mol. The number of hydrogen-bond donors (Lipinski definition) is 1. The summed E-state index contributed by atoms with van der Waals surface area (Å²) in [4.78, 5) is 14.2. The number of amides is 2. The Morgan fingerprint density at radius 3 is 2.64 bits per heavy atom. The molecule has 122 valence electrons. The molecule has 1 aliphatic heterocycles. The Kier molecular flexibility index (Phi) is 6.09. The first-order valence-electron chi connectivity index (χ1n) is 7.82. The van der Waals surface area contributed by atoms with Crippen molar-refractivity contribution < 1.29 is 9.53 Å². The van der Waals surface area contributed by atoms with E-state index >= 15 is 0 Å². The molecule has 0 saturated carbocycles. The first-order chi connectivity index (χ1) is 10.5. The lowest BCUT2D eigenvalue weighted by atomic mass is 9.96. The molecule has 1 aliphatic rings. The molecule has 5 heteroatoms. The second-order valence-corrected chi connectivity index (χ2v) is 6.77. The summed E-state index contributed by atoms with van der Waals surface area (Å²) in [6, 6.07) is 7.60. The molecule has 0 spiro atoms. The Balaban J connectivity index is 1.97. The Bertz CT molecular complexity index is 484. The maximum Gasteiger partial charge on any atom is 0.317 e. The molecular formula is C17H25ClN2O2. The Hall–Kier alpha value is -1.26. The topological polar surface area (TPSA) is 41.6 Å². The molecule has 1 fully saturated rings. The van der Waals surface area contributed by atoms with Gasteiger partial charge < -0.3 is 15.0 Å². The molecule has 0 bridgehead atoms. The number of hydrogen-bond acceptors (Lipinski definition) is 2. The van der Waals surface area contributed by atoms with Crippen LogP contribution in [0, 0.1) is 11.8 Å². The van der Waals surface area contributed by atoms with Gasteiger partial charge in [0.15, 0.2) is 0 Å². The zero-order valence-corrected chi connectivity index (χ0v) is 14.3. The van der Waals surface area contributed by atoms with Crippen LogP contribution in [0.25, 0.3) is 0 Å². The summed E-state index contributed by atoms with van der Waals surface area (Å²) in [6.07, 6.45) is 1.03. The van der Waals surface area contributed by atoms with E-state index in [-0.39, 0.29) is 12.1 Å². The molecule has 22 heavy (non-hydrogen) atoms. The number of ether oxygens (including phenoxy) is 1. The highest BCUT2D eigenvalue weighted by atomic mass is 35.5. The predicted octanol–water partition coefficient (Wildman–Crippen LogP) is 3.72. The van der Waals surface area contributed by atoms with Gasteiger partial charge in [0.2, 0.25) is 0 Å². The van der Waals surface area contributed by atoms with E-state index < -0.39 is 0 Å². The summed E-state index contributed by atoms with van der Waals surface area (Å²) < 4.78 is 5.37. The normalized spacial score (nSPS) is 19.2. The molecule has 1 saturated heterocycles. The van der Waals surface area contributed by atoms with Gasteiger partial charge in [-0.05, 0) is 30.0 Å². The average molecular weight is 325 g/mol. The van der Waals surface area contributed by atoms with Crippen molar-refractivity contribution in [2.45, 2.75) is 26.3 Å². The largest absolute Gasteiger partial charge is 0.381 e. The van der Waals surface area contributed by atoms with Gasteiger partial charge in [0.05, 0.1) is 12.6 Å². The van der Waals surface area contributed by atoms with Crippen LogP contribution in [0.3, 0.4) is 0 Å². The van der Waals surface area contributed by atoms with Crippen LogP contribution >= 0.6 is 11.6 Å². The second kappa shape index (κ2) is 7.84. The van der Waals surface area contributed by atoms with Gasteiger partial charge in [0.25, 0.3) is 0 Å². The van der Waals surface area contributed by atoms with Gasteiger partial charge in [0, 0.05) is 31.1 Å². The number of nitrogens with one attached hydrogen (secondary N) is 1. The molecule has 2 amide bonds. The van der Waals surface area contributed by atoms with Crippen molar-refractivity contribution in [3.63, 3.8) is 0 Å². The van der Waals surface area contributed by atoms with E-state index in [0.717, 1.165) is 31.7 Å². The smallest absolute Gasteiger partial charge is 0.317 e. The monoisotopic (exact) mass is 324 g/mol. The number of benzene rings is 1. The van der Waals surface area contributed by atoms with Gasteiger partial charge in [0.1, 0.15) is 0 Å². The van der Waals surface area contributed by atoms with Gasteiger partial charge in [-0.25, -0.2) is 4.79 Å². The minimum absolute atomic E-state index is 0.0213. The zero-order valence-electron chi connectivity index (χ0n) is 13.5. The molecule has 1 heterocycles. The third kappa shape index (κ3) is 4.62. The van der Waals surface area contributed by atoms with Gasteiger partial charge in [-0.2, -0.15) is 0 Å². The number of halogens is 1. The molecule has 0 aliphatic carbocycles. The van der Waals surface area contributed by atoms with Crippen LogP contribution in [-0.4, -0.2) is 37.7 Å². The summed E-state index contributed by atoms with van der Waals surface area (Å²) in [7, 11) is 1.84. The Morgan fingerprint density at radius 2 is 2.09 bits per heavy atom. The van der Waals surface area contributed by atoms with E-state index in [1.807, 2.05) is 31.3 Å². The van der Waals surface area contributed by atoms with E-state index in [1.54, 1.807) is 4.90 Å². The Morgan fingerprint density at radius 1 is 1.41 bits per heavy atom. The molecule has 0 aromatic heterocycles. The molecule has 2 atom stereocenters. The number of nitrogens with zero attached hydrogens (tertiary/aromatic N) is 1. The highest BCUT2D eigenvalue weighted by Crippen LogP contribution is 2.23. The van der Waals surface area contributed by atoms with Gasteiger partial charge in [-0.15, -0.1) is 0 Å². The molecule has 1 aromatic carbocycles. The number of carbonyl (C=O) groups excluding carboxylic acids is 1. The van der Waals surface area contributed by atoms with Crippen molar-refractivity contribution in [1.29, 1.82) is 0 Å². The second-order valence-electron chi connectivity index (χ2n) is 6.33. The van der Waals surface area contributed by atoms with Crippen molar-refractivity contribution in [3.05, 3.63) is 34.9 Å². The molecule has 1 aromatic rings. The van der Waals surface area contributed by atoms with Crippen molar-refractivity contribution in [2.75, 3.05) is 26.8 Å². The summed E-state index contributed by atoms with van der Waals surface area (Å²) in [5.74, 6) is 0.747. The van der Waals surface area contributed by atoms with Gasteiger partial charge in [-0.1, -0.05) is 37.6 Å². The summed E-state index contributed by atoms with van der Waals surface area (Å²) in [5.41, 5.74) is 1.07. The lowest BCUT2D eigenvalue weighted by Gasteiger charge is -2.27. The van der Waals surface area contributed by atoms with Gasteiger partial charge in [-0.3, -0.25) is 0 Å². The fourth-order valence-corrected chi connectivity index (χ4v) is 2.87. The summed E-state index contributed by atoms with van der Waals surface area (Å²) in [5, 5.41) is 3.83. The lowest BCUT2D eigenvalue weighted by molar-refractivity contribution is 0.169. The number of urea groups is 1. The van der Waals surface area contributed by atoms with Crippen LogP contribution in [0.4, 0.5) is 4.79 Å². The molecule has 1 N–H and O–H groups in total.